The summed E-state index contributed by atoms with van der Waals surface area (Å²) in [7, 11) is 0. The van der Waals surface area contributed by atoms with Gasteiger partial charge in [-0.3, -0.25) is 11.3 Å². The Hall–Kier alpha value is -0.160. The molecule has 0 amide bonds. The Morgan fingerprint density at radius 3 is 1.93 bits per heavy atom. The lowest BCUT2D eigenvalue weighted by Crippen LogP contribution is -2.50. The van der Waals surface area contributed by atoms with Crippen LogP contribution in [0.1, 0.15) is 34.1 Å². The monoisotopic (exact) mass is 204 g/mol. The van der Waals surface area contributed by atoms with Crippen molar-refractivity contribution in [3.8, 4) is 0 Å². The van der Waals surface area contributed by atoms with Gasteiger partial charge in [-0.1, -0.05) is 20.3 Å². The van der Waals surface area contributed by atoms with Gasteiger partial charge in [0.2, 0.25) is 0 Å². The van der Waals surface area contributed by atoms with E-state index in [4.69, 9.17) is 15.3 Å². The summed E-state index contributed by atoms with van der Waals surface area (Å²) in [5, 5.41) is 0. The van der Waals surface area contributed by atoms with Gasteiger partial charge in [-0.15, -0.1) is 0 Å². The largest absolute Gasteiger partial charge is 0.351 e. The first kappa shape index (κ1) is 13.8. The molecule has 0 aromatic rings. The van der Waals surface area contributed by atoms with E-state index >= 15 is 0 Å². The van der Waals surface area contributed by atoms with E-state index in [1.165, 1.54) is 0 Å². The molecule has 4 heteroatoms. The van der Waals surface area contributed by atoms with E-state index in [9.17, 15) is 0 Å². The molecule has 4 nitrogen and oxygen atoms in total. The molecule has 14 heavy (non-hydrogen) atoms. The summed E-state index contributed by atoms with van der Waals surface area (Å²) in [5.41, 5.74) is 2.77. The van der Waals surface area contributed by atoms with Crippen LogP contribution >= 0.6 is 0 Å². The van der Waals surface area contributed by atoms with Crippen molar-refractivity contribution in [2.24, 2.45) is 11.8 Å². The van der Waals surface area contributed by atoms with E-state index in [1.54, 1.807) is 0 Å². The molecule has 0 bridgehead atoms. The molecule has 0 heterocycles. The molecule has 2 unspecified atom stereocenters. The maximum Gasteiger partial charge on any atom is 0.174 e. The maximum absolute atomic E-state index is 5.50. The van der Waals surface area contributed by atoms with Gasteiger partial charge >= 0.3 is 0 Å². The minimum absolute atomic E-state index is 0.0555. The van der Waals surface area contributed by atoms with Gasteiger partial charge < -0.3 is 9.47 Å². The van der Waals surface area contributed by atoms with Crippen molar-refractivity contribution in [1.82, 2.24) is 5.43 Å². The Morgan fingerprint density at radius 1 is 1.14 bits per heavy atom. The van der Waals surface area contributed by atoms with Crippen LogP contribution in [0.3, 0.4) is 0 Å². The van der Waals surface area contributed by atoms with Crippen LogP contribution in [0.5, 0.6) is 0 Å². The smallest absolute Gasteiger partial charge is 0.174 e. The number of nitrogens with one attached hydrogen (secondary N) is 1. The first-order valence-electron chi connectivity index (χ1n) is 5.40. The van der Waals surface area contributed by atoms with E-state index in [0.717, 1.165) is 6.42 Å². The SMILES string of the molecule is CCOC(OCC)C(NN)C(C)CC. The van der Waals surface area contributed by atoms with Gasteiger partial charge in [-0.05, 0) is 19.8 Å². The molecule has 0 saturated heterocycles. The summed E-state index contributed by atoms with van der Waals surface area (Å²) in [6, 6.07) is 0.0555. The lowest BCUT2D eigenvalue weighted by Gasteiger charge is -2.30. The zero-order chi connectivity index (χ0) is 11.0. The second kappa shape index (κ2) is 8.17. The van der Waals surface area contributed by atoms with Gasteiger partial charge in [0.15, 0.2) is 6.29 Å². The molecule has 2 atom stereocenters. The average Bonchev–Trinajstić information content (AvgIpc) is 2.19. The quantitative estimate of drug-likeness (QED) is 0.355. The maximum atomic E-state index is 5.50. The highest BCUT2D eigenvalue weighted by Gasteiger charge is 2.25. The zero-order valence-corrected chi connectivity index (χ0v) is 9.75. The van der Waals surface area contributed by atoms with Crippen LogP contribution in [-0.4, -0.2) is 25.5 Å². The minimum atomic E-state index is -0.245. The van der Waals surface area contributed by atoms with Crippen LogP contribution in [0.4, 0.5) is 0 Å². The topological polar surface area (TPSA) is 56.5 Å². The van der Waals surface area contributed by atoms with Gasteiger partial charge in [0.1, 0.15) is 0 Å². The standard InChI is InChI=1S/C10H24N2O2/c1-5-8(4)9(12-11)10(13-6-2)14-7-3/h8-10,12H,5-7,11H2,1-4H3. The first-order chi connectivity index (χ1) is 6.71. The molecule has 0 aliphatic rings. The van der Waals surface area contributed by atoms with E-state index in [2.05, 4.69) is 19.3 Å². The number of hydrogen-bond donors (Lipinski definition) is 2. The highest BCUT2D eigenvalue weighted by atomic mass is 16.7. The number of hydrazine groups is 1. The fourth-order valence-corrected chi connectivity index (χ4v) is 1.35. The van der Waals surface area contributed by atoms with E-state index in [1.807, 2.05) is 13.8 Å². The Morgan fingerprint density at radius 2 is 1.64 bits per heavy atom. The van der Waals surface area contributed by atoms with Gasteiger partial charge in [-0.2, -0.15) is 0 Å². The molecule has 0 aliphatic carbocycles. The predicted molar refractivity (Wildman–Crippen MR) is 57.6 cm³/mol. The van der Waals surface area contributed by atoms with E-state index in [-0.39, 0.29) is 12.3 Å². The number of nitrogens with two attached hydrogens (primary N) is 1. The second-order valence-electron chi connectivity index (χ2n) is 3.36. The third-order valence-corrected chi connectivity index (χ3v) is 2.40. The van der Waals surface area contributed by atoms with E-state index < -0.39 is 0 Å². The Kier molecular flexibility index (Phi) is 8.08. The zero-order valence-electron chi connectivity index (χ0n) is 9.75. The summed E-state index contributed by atoms with van der Waals surface area (Å²) in [6.45, 7) is 9.45. The first-order valence-corrected chi connectivity index (χ1v) is 5.40. The van der Waals surface area contributed by atoms with Gasteiger partial charge in [-0.25, -0.2) is 0 Å². The molecule has 0 aromatic heterocycles. The molecule has 86 valence electrons. The van der Waals surface area contributed by atoms with Crippen LogP contribution in [0.2, 0.25) is 0 Å². The summed E-state index contributed by atoms with van der Waals surface area (Å²) >= 11 is 0. The average molecular weight is 204 g/mol. The fraction of sp³-hybridized carbons (Fsp3) is 1.00. The van der Waals surface area contributed by atoms with Crippen LogP contribution in [-0.2, 0) is 9.47 Å². The molecule has 0 spiro atoms. The van der Waals surface area contributed by atoms with Crippen molar-refractivity contribution in [3.05, 3.63) is 0 Å². The molecule has 0 fully saturated rings. The van der Waals surface area contributed by atoms with Crippen molar-refractivity contribution in [3.63, 3.8) is 0 Å². The molecule has 0 radical (unpaired) electrons. The number of ether oxygens (including phenoxy) is 2. The van der Waals surface area contributed by atoms with Crippen molar-refractivity contribution < 1.29 is 9.47 Å². The van der Waals surface area contributed by atoms with Crippen molar-refractivity contribution in [2.45, 2.75) is 46.4 Å². The normalized spacial score (nSPS) is 15.9. The molecular formula is C10H24N2O2. The van der Waals surface area contributed by atoms with Crippen LogP contribution in [0.25, 0.3) is 0 Å². The molecule has 3 N–H and O–H groups in total. The Labute approximate surface area is 87.1 Å². The lowest BCUT2D eigenvalue weighted by atomic mass is 9.99. The van der Waals surface area contributed by atoms with Crippen LogP contribution in [0, 0.1) is 5.92 Å². The van der Waals surface area contributed by atoms with Crippen LogP contribution in [0.15, 0.2) is 0 Å². The molecule has 0 saturated carbocycles. The Balaban J connectivity index is 4.24. The predicted octanol–water partition coefficient (Wildman–Crippen LogP) is 1.26. The van der Waals surface area contributed by atoms with E-state index in [0.29, 0.717) is 19.1 Å². The summed E-state index contributed by atoms with van der Waals surface area (Å²) in [5.74, 6) is 5.93. The second-order valence-corrected chi connectivity index (χ2v) is 3.36. The summed E-state index contributed by atoms with van der Waals surface area (Å²) < 4.78 is 11.0. The van der Waals surface area contributed by atoms with Gasteiger partial charge in [0.05, 0.1) is 6.04 Å². The summed E-state index contributed by atoms with van der Waals surface area (Å²) in [4.78, 5) is 0. The molecule has 0 aromatic carbocycles. The molecule has 0 aliphatic heterocycles. The summed E-state index contributed by atoms with van der Waals surface area (Å²) in [6.07, 6.45) is 0.802. The van der Waals surface area contributed by atoms with Crippen molar-refractivity contribution in [2.75, 3.05) is 13.2 Å². The van der Waals surface area contributed by atoms with Crippen molar-refractivity contribution >= 4 is 0 Å². The third kappa shape index (κ3) is 4.37. The van der Waals surface area contributed by atoms with Gasteiger partial charge in [0, 0.05) is 13.2 Å². The van der Waals surface area contributed by atoms with Crippen LogP contribution < -0.4 is 11.3 Å². The number of hydrogen-bond acceptors (Lipinski definition) is 4. The fourth-order valence-electron chi connectivity index (χ4n) is 1.35. The van der Waals surface area contributed by atoms with Gasteiger partial charge in [0.25, 0.3) is 0 Å². The Bertz CT molecular complexity index is 127. The van der Waals surface area contributed by atoms with Crippen molar-refractivity contribution in [1.29, 1.82) is 0 Å². The minimum Gasteiger partial charge on any atom is -0.351 e. The molecule has 0 rings (SSSR count). The highest BCUT2D eigenvalue weighted by Crippen LogP contribution is 2.14. The third-order valence-electron chi connectivity index (χ3n) is 2.40. The number of rotatable bonds is 8. The molecular weight excluding hydrogens is 180 g/mol. The highest BCUT2D eigenvalue weighted by molar-refractivity contribution is 4.73. The lowest BCUT2D eigenvalue weighted by molar-refractivity contribution is -0.161.